The number of hydrogen-bond acceptors (Lipinski definition) is 7. The van der Waals surface area contributed by atoms with Crippen LogP contribution >= 0.6 is 11.6 Å². The summed E-state index contributed by atoms with van der Waals surface area (Å²) in [5, 5.41) is 8.40. The number of primary amides is 1. The SMILES string of the molecule is COc1cc(-c2nc3n(n2)[C@@H](c2ccc(Cl)cc2)C(C(N)=O)=C(C)N3)cc(OC)c1OC. The highest BCUT2D eigenvalue weighted by Gasteiger charge is 2.33. The molecule has 0 unspecified atom stereocenters. The molecule has 1 atom stereocenters. The number of fused-ring (bicyclic) bond motifs is 1. The van der Waals surface area contributed by atoms with E-state index in [2.05, 4.69) is 10.3 Å². The van der Waals surface area contributed by atoms with Gasteiger partial charge < -0.3 is 25.3 Å². The van der Waals surface area contributed by atoms with Crippen molar-refractivity contribution in [3.8, 4) is 28.6 Å². The third kappa shape index (κ3) is 3.60. The van der Waals surface area contributed by atoms with Crippen LogP contribution in [0.4, 0.5) is 5.95 Å². The fraction of sp³-hybridized carbons (Fsp3) is 0.227. The highest BCUT2D eigenvalue weighted by molar-refractivity contribution is 6.30. The number of halogens is 1. The minimum absolute atomic E-state index is 0.390. The fourth-order valence-corrected chi connectivity index (χ4v) is 3.88. The summed E-state index contributed by atoms with van der Waals surface area (Å²) in [6.07, 6.45) is 0. The molecule has 3 N–H and O–H groups in total. The molecule has 4 rings (SSSR count). The van der Waals surface area contributed by atoms with E-state index < -0.39 is 11.9 Å². The molecule has 2 heterocycles. The van der Waals surface area contributed by atoms with Gasteiger partial charge in [-0.15, -0.1) is 5.10 Å². The predicted molar refractivity (Wildman–Crippen MR) is 120 cm³/mol. The number of nitrogens with two attached hydrogens (primary N) is 1. The van der Waals surface area contributed by atoms with E-state index in [4.69, 9.17) is 36.6 Å². The van der Waals surface area contributed by atoms with Crippen molar-refractivity contribution >= 4 is 23.5 Å². The molecule has 0 fully saturated rings. The number of amides is 1. The molecule has 3 aromatic rings. The van der Waals surface area contributed by atoms with Gasteiger partial charge in [-0.3, -0.25) is 4.79 Å². The summed E-state index contributed by atoms with van der Waals surface area (Å²) in [5.74, 6) is 1.74. The van der Waals surface area contributed by atoms with Crippen molar-refractivity contribution in [3.63, 3.8) is 0 Å². The normalized spacial score (nSPS) is 15.1. The van der Waals surface area contributed by atoms with Crippen molar-refractivity contribution in [1.82, 2.24) is 14.8 Å². The quantitative estimate of drug-likeness (QED) is 0.585. The minimum atomic E-state index is -0.565. The number of nitrogens with one attached hydrogen (secondary N) is 1. The van der Waals surface area contributed by atoms with E-state index in [1.807, 2.05) is 12.1 Å². The Bertz CT molecular complexity index is 1190. The highest BCUT2D eigenvalue weighted by atomic mass is 35.5. The lowest BCUT2D eigenvalue weighted by Crippen LogP contribution is -2.31. The maximum atomic E-state index is 12.3. The van der Waals surface area contributed by atoms with Gasteiger partial charge in [0.05, 0.1) is 26.9 Å². The van der Waals surface area contributed by atoms with E-state index in [1.165, 1.54) is 21.3 Å². The molecule has 0 bridgehead atoms. The zero-order valence-corrected chi connectivity index (χ0v) is 18.7. The van der Waals surface area contributed by atoms with Gasteiger partial charge in [0.2, 0.25) is 17.6 Å². The van der Waals surface area contributed by atoms with Gasteiger partial charge >= 0.3 is 0 Å². The van der Waals surface area contributed by atoms with Crippen LogP contribution in [0.15, 0.2) is 47.7 Å². The van der Waals surface area contributed by atoms with Gasteiger partial charge in [0.1, 0.15) is 6.04 Å². The van der Waals surface area contributed by atoms with E-state index in [-0.39, 0.29) is 0 Å². The lowest BCUT2D eigenvalue weighted by Gasteiger charge is -2.27. The predicted octanol–water partition coefficient (Wildman–Crippen LogP) is 3.40. The topological polar surface area (TPSA) is 114 Å². The smallest absolute Gasteiger partial charge is 0.248 e. The largest absolute Gasteiger partial charge is 0.493 e. The molecular formula is C22H22ClN5O4. The van der Waals surface area contributed by atoms with Gasteiger partial charge in [-0.2, -0.15) is 4.98 Å². The van der Waals surface area contributed by atoms with Crippen LogP contribution in [0.3, 0.4) is 0 Å². The van der Waals surface area contributed by atoms with Crippen molar-refractivity contribution in [1.29, 1.82) is 0 Å². The lowest BCUT2D eigenvalue weighted by atomic mass is 9.95. The molecule has 0 spiro atoms. The Morgan fingerprint density at radius 3 is 2.25 bits per heavy atom. The summed E-state index contributed by atoms with van der Waals surface area (Å²) in [6, 6.07) is 10.1. The summed E-state index contributed by atoms with van der Waals surface area (Å²) in [4.78, 5) is 17.0. The number of carbonyl (C=O) groups excluding carboxylic acids is 1. The Morgan fingerprint density at radius 2 is 1.72 bits per heavy atom. The molecule has 0 saturated carbocycles. The average Bonchev–Trinajstić information content (AvgIpc) is 3.21. The van der Waals surface area contributed by atoms with Crippen molar-refractivity contribution < 1.29 is 19.0 Å². The third-order valence-corrected chi connectivity index (χ3v) is 5.48. The summed E-state index contributed by atoms with van der Waals surface area (Å²) < 4.78 is 17.9. The Labute approximate surface area is 189 Å². The number of benzene rings is 2. The van der Waals surface area contributed by atoms with Gasteiger partial charge in [-0.1, -0.05) is 23.7 Å². The Balaban J connectivity index is 1.88. The van der Waals surface area contributed by atoms with E-state index in [0.717, 1.165) is 5.56 Å². The average molecular weight is 456 g/mol. The summed E-state index contributed by atoms with van der Waals surface area (Å²) in [5.41, 5.74) is 8.17. The highest BCUT2D eigenvalue weighted by Crippen LogP contribution is 2.42. The zero-order chi connectivity index (χ0) is 23.0. The van der Waals surface area contributed by atoms with E-state index in [1.54, 1.807) is 35.9 Å². The van der Waals surface area contributed by atoms with Crippen molar-refractivity contribution in [2.75, 3.05) is 26.6 Å². The molecule has 1 amide bonds. The van der Waals surface area contributed by atoms with Crippen LogP contribution < -0.4 is 25.3 Å². The molecule has 1 aromatic heterocycles. The number of ether oxygens (including phenoxy) is 3. The molecule has 0 aliphatic carbocycles. The molecule has 32 heavy (non-hydrogen) atoms. The van der Waals surface area contributed by atoms with Crippen LogP contribution in [0.5, 0.6) is 17.2 Å². The first-order valence-electron chi connectivity index (χ1n) is 9.67. The first kappa shape index (κ1) is 21.5. The van der Waals surface area contributed by atoms with Gasteiger partial charge in [0, 0.05) is 16.3 Å². The van der Waals surface area contributed by atoms with Crippen LogP contribution in [0.1, 0.15) is 18.5 Å². The molecule has 9 nitrogen and oxygen atoms in total. The Morgan fingerprint density at radius 1 is 1.09 bits per heavy atom. The second kappa shape index (κ2) is 8.43. The van der Waals surface area contributed by atoms with Gasteiger partial charge in [-0.25, -0.2) is 4.68 Å². The number of methoxy groups -OCH3 is 3. The van der Waals surface area contributed by atoms with Crippen LogP contribution in [0, 0.1) is 0 Å². The maximum Gasteiger partial charge on any atom is 0.248 e. The van der Waals surface area contributed by atoms with Crippen LogP contribution in [0.25, 0.3) is 11.4 Å². The molecule has 2 aromatic carbocycles. The lowest BCUT2D eigenvalue weighted by molar-refractivity contribution is -0.115. The van der Waals surface area contributed by atoms with Gasteiger partial charge in [-0.05, 0) is 36.8 Å². The van der Waals surface area contributed by atoms with E-state index >= 15 is 0 Å². The number of hydrogen-bond donors (Lipinski definition) is 2. The van der Waals surface area contributed by atoms with Crippen molar-refractivity contribution in [2.45, 2.75) is 13.0 Å². The zero-order valence-electron chi connectivity index (χ0n) is 18.0. The molecule has 1 aliphatic heterocycles. The fourth-order valence-electron chi connectivity index (χ4n) is 3.76. The van der Waals surface area contributed by atoms with Gasteiger partial charge in [0.15, 0.2) is 17.3 Å². The summed E-state index contributed by atoms with van der Waals surface area (Å²) >= 11 is 6.06. The molecule has 166 valence electrons. The monoisotopic (exact) mass is 455 g/mol. The molecule has 0 radical (unpaired) electrons. The maximum absolute atomic E-state index is 12.3. The first-order valence-corrected chi connectivity index (χ1v) is 10.1. The number of rotatable bonds is 6. The number of anilines is 1. The third-order valence-electron chi connectivity index (χ3n) is 5.23. The number of aromatic nitrogens is 3. The van der Waals surface area contributed by atoms with Crippen molar-refractivity contribution in [2.24, 2.45) is 5.73 Å². The van der Waals surface area contributed by atoms with E-state index in [9.17, 15) is 4.79 Å². The Kier molecular flexibility index (Phi) is 5.67. The van der Waals surface area contributed by atoms with Crippen LogP contribution in [-0.4, -0.2) is 42.0 Å². The van der Waals surface area contributed by atoms with E-state index in [0.29, 0.717) is 50.9 Å². The number of nitrogens with zero attached hydrogens (tertiary/aromatic N) is 3. The first-order chi connectivity index (χ1) is 15.4. The minimum Gasteiger partial charge on any atom is -0.493 e. The van der Waals surface area contributed by atoms with Crippen LogP contribution in [-0.2, 0) is 4.79 Å². The second-order valence-corrected chi connectivity index (χ2v) is 7.54. The molecular weight excluding hydrogens is 434 g/mol. The standard InChI is InChI=1S/C22H22ClN5O4/c1-11-17(20(24)29)18(12-5-7-14(23)8-6-12)28-22(25-11)26-21(27-28)13-9-15(30-2)19(32-4)16(10-13)31-3/h5-10,18H,1-4H3,(H2,24,29)(H,25,26,27)/t18-/m0/s1. The molecule has 1 aliphatic rings. The van der Waals surface area contributed by atoms with Gasteiger partial charge in [0.25, 0.3) is 0 Å². The summed E-state index contributed by atoms with van der Waals surface area (Å²) in [6.45, 7) is 1.78. The van der Waals surface area contributed by atoms with Crippen LogP contribution in [0.2, 0.25) is 5.02 Å². The number of allylic oxidation sites excluding steroid dienone is 1. The Hall–Kier alpha value is -3.72. The van der Waals surface area contributed by atoms with Crippen molar-refractivity contribution in [3.05, 3.63) is 58.3 Å². The second-order valence-electron chi connectivity index (χ2n) is 7.10. The number of carbonyl (C=O) groups is 1. The summed E-state index contributed by atoms with van der Waals surface area (Å²) in [7, 11) is 4.61. The molecule has 10 heteroatoms. The molecule has 0 saturated heterocycles.